The Kier molecular flexibility index (Phi) is 7.21. The number of nitrogens with zero attached hydrogens (tertiary/aromatic N) is 1. The summed E-state index contributed by atoms with van der Waals surface area (Å²) in [5.74, 6) is -0.267. The van der Waals surface area contributed by atoms with Crippen molar-refractivity contribution in [1.82, 2.24) is 10.2 Å². The normalized spacial score (nSPS) is 16.8. The number of benzene rings is 3. The van der Waals surface area contributed by atoms with E-state index in [1.807, 2.05) is 79.7 Å². The Balaban J connectivity index is 1.24. The maximum Gasteiger partial charge on any atom is 0.410 e. The molecule has 0 spiro atoms. The van der Waals surface area contributed by atoms with Crippen LogP contribution in [0.25, 0.3) is 11.1 Å². The van der Waals surface area contributed by atoms with Gasteiger partial charge in [0.15, 0.2) is 0 Å². The molecule has 1 aliphatic carbocycles. The fourth-order valence-electron chi connectivity index (χ4n) is 4.66. The molecule has 2 fully saturated rings. The van der Waals surface area contributed by atoms with Crippen LogP contribution < -0.4 is 10.6 Å². The van der Waals surface area contributed by atoms with Crippen LogP contribution >= 0.6 is 0 Å². The van der Waals surface area contributed by atoms with Gasteiger partial charge in [-0.3, -0.25) is 14.5 Å². The van der Waals surface area contributed by atoms with Crippen LogP contribution in [-0.4, -0.2) is 41.4 Å². The first kappa shape index (κ1) is 24.6. The van der Waals surface area contributed by atoms with Gasteiger partial charge < -0.3 is 15.4 Å². The predicted molar refractivity (Wildman–Crippen MR) is 142 cm³/mol. The molecule has 1 saturated carbocycles. The molecule has 1 saturated heterocycles. The minimum atomic E-state index is -0.574. The number of likely N-dealkylation sites (tertiary alicyclic amines) is 1. The third-order valence-corrected chi connectivity index (χ3v) is 6.96. The molecule has 0 bridgehead atoms. The molecule has 190 valence electrons. The van der Waals surface area contributed by atoms with Crippen LogP contribution in [0.4, 0.5) is 10.5 Å². The second kappa shape index (κ2) is 10.9. The lowest BCUT2D eigenvalue weighted by molar-refractivity contribution is -0.120. The summed E-state index contributed by atoms with van der Waals surface area (Å²) < 4.78 is 5.47. The van der Waals surface area contributed by atoms with Gasteiger partial charge in [-0.25, -0.2) is 4.79 Å². The lowest BCUT2D eigenvalue weighted by Gasteiger charge is -2.24. The number of rotatable bonds is 7. The highest BCUT2D eigenvalue weighted by atomic mass is 16.6. The molecule has 1 heterocycles. The monoisotopic (exact) mass is 497 g/mol. The quantitative estimate of drug-likeness (QED) is 0.464. The second-order valence-corrected chi connectivity index (χ2v) is 9.68. The molecule has 0 aromatic heterocycles. The summed E-state index contributed by atoms with van der Waals surface area (Å²) in [5, 5.41) is 6.03. The molecular formula is C30H31N3O4. The number of nitrogens with one attached hydrogen (secondary N) is 2. The van der Waals surface area contributed by atoms with E-state index >= 15 is 0 Å². The number of hydrogen-bond acceptors (Lipinski definition) is 4. The summed E-state index contributed by atoms with van der Waals surface area (Å²) in [6, 6.07) is 22.5. The minimum Gasteiger partial charge on any atom is -0.445 e. The van der Waals surface area contributed by atoms with Crippen molar-refractivity contribution in [3.8, 4) is 11.1 Å². The van der Waals surface area contributed by atoms with Gasteiger partial charge in [-0.2, -0.15) is 0 Å². The van der Waals surface area contributed by atoms with Crippen LogP contribution in [0.2, 0.25) is 0 Å². The van der Waals surface area contributed by atoms with Gasteiger partial charge in [-0.1, -0.05) is 54.6 Å². The molecule has 37 heavy (non-hydrogen) atoms. The van der Waals surface area contributed by atoms with Gasteiger partial charge in [0, 0.05) is 23.8 Å². The van der Waals surface area contributed by atoms with E-state index in [1.54, 1.807) is 0 Å². The molecule has 7 nitrogen and oxygen atoms in total. The number of carbonyl (C=O) groups is 3. The average Bonchev–Trinajstić information content (AvgIpc) is 3.59. The highest BCUT2D eigenvalue weighted by Crippen LogP contribution is 2.30. The molecule has 7 heteroatoms. The molecule has 2 aliphatic rings. The zero-order valence-electron chi connectivity index (χ0n) is 20.9. The van der Waals surface area contributed by atoms with Gasteiger partial charge in [0.05, 0.1) is 0 Å². The van der Waals surface area contributed by atoms with E-state index in [1.165, 1.54) is 4.90 Å². The SMILES string of the molecule is Cc1c(NC(=O)C2CCCN2C(=O)OCc2ccccc2)cccc1-c1ccc(C(=O)NC2CC2)cc1. The lowest BCUT2D eigenvalue weighted by atomic mass is 9.98. The zero-order chi connectivity index (χ0) is 25.8. The van der Waals surface area contributed by atoms with Crippen molar-refractivity contribution in [2.75, 3.05) is 11.9 Å². The Labute approximate surface area is 216 Å². The van der Waals surface area contributed by atoms with Gasteiger partial charge in [0.1, 0.15) is 12.6 Å². The predicted octanol–water partition coefficient (Wildman–Crippen LogP) is 5.29. The van der Waals surface area contributed by atoms with E-state index in [9.17, 15) is 14.4 Å². The molecular weight excluding hydrogens is 466 g/mol. The van der Waals surface area contributed by atoms with E-state index in [0.717, 1.165) is 41.5 Å². The summed E-state index contributed by atoms with van der Waals surface area (Å²) >= 11 is 0. The third kappa shape index (κ3) is 5.82. The van der Waals surface area contributed by atoms with Crippen LogP contribution in [0, 0.1) is 6.92 Å². The highest BCUT2D eigenvalue weighted by molar-refractivity contribution is 5.98. The zero-order valence-corrected chi connectivity index (χ0v) is 20.9. The molecule has 3 aromatic carbocycles. The van der Waals surface area contributed by atoms with Crippen molar-refractivity contribution in [2.24, 2.45) is 0 Å². The van der Waals surface area contributed by atoms with Crippen molar-refractivity contribution >= 4 is 23.6 Å². The number of amides is 3. The van der Waals surface area contributed by atoms with E-state index < -0.39 is 12.1 Å². The maximum atomic E-state index is 13.2. The molecule has 3 aromatic rings. The third-order valence-electron chi connectivity index (χ3n) is 6.96. The van der Waals surface area contributed by atoms with Gasteiger partial charge >= 0.3 is 6.09 Å². The Morgan fingerprint density at radius 3 is 2.41 bits per heavy atom. The summed E-state index contributed by atoms with van der Waals surface area (Å²) in [7, 11) is 0. The smallest absolute Gasteiger partial charge is 0.410 e. The van der Waals surface area contributed by atoms with Crippen molar-refractivity contribution < 1.29 is 19.1 Å². The molecule has 3 amide bonds. The standard InChI is InChI=1S/C30H31N3O4/c1-20-25(22-12-14-23(15-13-22)28(34)31-24-16-17-24)9-5-10-26(20)32-29(35)27-11-6-18-33(27)30(36)37-19-21-7-3-2-4-8-21/h2-5,7-10,12-15,24,27H,6,11,16-19H2,1H3,(H,31,34)(H,32,35). The van der Waals surface area contributed by atoms with Gasteiger partial charge in [0.2, 0.25) is 5.91 Å². The van der Waals surface area contributed by atoms with Gasteiger partial charge in [0.25, 0.3) is 5.91 Å². The molecule has 1 atom stereocenters. The molecule has 0 radical (unpaired) electrons. The fraction of sp³-hybridized carbons (Fsp3) is 0.300. The largest absolute Gasteiger partial charge is 0.445 e. The van der Waals surface area contributed by atoms with Crippen molar-refractivity contribution in [3.63, 3.8) is 0 Å². The van der Waals surface area contributed by atoms with Crippen molar-refractivity contribution in [2.45, 2.75) is 51.3 Å². The van der Waals surface area contributed by atoms with E-state index in [4.69, 9.17) is 4.74 Å². The van der Waals surface area contributed by atoms with Gasteiger partial charge in [-0.05, 0) is 73.1 Å². The first-order valence-corrected chi connectivity index (χ1v) is 12.8. The molecule has 1 aliphatic heterocycles. The van der Waals surface area contributed by atoms with Crippen LogP contribution in [0.15, 0.2) is 72.8 Å². The fourth-order valence-corrected chi connectivity index (χ4v) is 4.66. The van der Waals surface area contributed by atoms with Crippen LogP contribution in [-0.2, 0) is 16.1 Å². The summed E-state index contributed by atoms with van der Waals surface area (Å²) in [6.07, 6.45) is 2.97. The number of ether oxygens (including phenoxy) is 1. The first-order valence-electron chi connectivity index (χ1n) is 12.8. The Hall–Kier alpha value is -4.13. The van der Waals surface area contributed by atoms with Crippen molar-refractivity contribution in [3.05, 3.63) is 89.5 Å². The second-order valence-electron chi connectivity index (χ2n) is 9.68. The molecule has 2 N–H and O–H groups in total. The maximum absolute atomic E-state index is 13.2. The van der Waals surface area contributed by atoms with E-state index in [-0.39, 0.29) is 18.4 Å². The molecule has 1 unspecified atom stereocenters. The number of hydrogen-bond donors (Lipinski definition) is 2. The summed E-state index contributed by atoms with van der Waals surface area (Å²) in [5.41, 5.74) is 5.09. The Bertz CT molecular complexity index is 1290. The van der Waals surface area contributed by atoms with Crippen molar-refractivity contribution in [1.29, 1.82) is 0 Å². The average molecular weight is 498 g/mol. The minimum absolute atomic E-state index is 0.0461. The topological polar surface area (TPSA) is 87.7 Å². The first-order chi connectivity index (χ1) is 18.0. The Morgan fingerprint density at radius 2 is 1.68 bits per heavy atom. The van der Waals surface area contributed by atoms with Crippen LogP contribution in [0.5, 0.6) is 0 Å². The number of anilines is 1. The summed E-state index contributed by atoms with van der Waals surface area (Å²) in [6.45, 7) is 2.62. The lowest BCUT2D eigenvalue weighted by Crippen LogP contribution is -2.43. The van der Waals surface area contributed by atoms with E-state index in [2.05, 4.69) is 10.6 Å². The van der Waals surface area contributed by atoms with E-state index in [0.29, 0.717) is 30.3 Å². The van der Waals surface area contributed by atoms with Gasteiger partial charge in [-0.15, -0.1) is 0 Å². The Morgan fingerprint density at radius 1 is 0.919 bits per heavy atom. The molecule has 5 rings (SSSR count). The van der Waals surface area contributed by atoms with Crippen LogP contribution in [0.1, 0.15) is 47.2 Å². The highest BCUT2D eigenvalue weighted by Gasteiger charge is 2.35. The summed E-state index contributed by atoms with van der Waals surface area (Å²) in [4.78, 5) is 39.8. The number of carbonyl (C=O) groups excluding carboxylic acids is 3. The van der Waals surface area contributed by atoms with Crippen LogP contribution in [0.3, 0.4) is 0 Å².